The van der Waals surface area contributed by atoms with E-state index in [-0.39, 0.29) is 6.61 Å². The van der Waals surface area contributed by atoms with Gasteiger partial charge in [-0.3, -0.25) is 0 Å². The SMILES string of the molecule is CCC(COC(=O)c1cc(OC)c(OC)c(OC)c1)(NC)c1ccccc1. The Labute approximate surface area is 160 Å². The molecule has 146 valence electrons. The molecular formula is C21H27NO5. The van der Waals surface area contributed by atoms with E-state index in [4.69, 9.17) is 18.9 Å². The lowest BCUT2D eigenvalue weighted by Crippen LogP contribution is -2.44. The van der Waals surface area contributed by atoms with Gasteiger partial charge < -0.3 is 24.3 Å². The Morgan fingerprint density at radius 2 is 1.59 bits per heavy atom. The van der Waals surface area contributed by atoms with Crippen molar-refractivity contribution in [3.8, 4) is 17.2 Å². The maximum atomic E-state index is 12.7. The predicted molar refractivity (Wildman–Crippen MR) is 104 cm³/mol. The Balaban J connectivity index is 2.26. The van der Waals surface area contributed by atoms with E-state index >= 15 is 0 Å². The molecule has 0 aliphatic carbocycles. The summed E-state index contributed by atoms with van der Waals surface area (Å²) >= 11 is 0. The maximum Gasteiger partial charge on any atom is 0.338 e. The van der Waals surface area contributed by atoms with Crippen LogP contribution >= 0.6 is 0 Å². The molecule has 0 aromatic heterocycles. The van der Waals surface area contributed by atoms with Gasteiger partial charge in [0.2, 0.25) is 5.75 Å². The normalized spacial score (nSPS) is 12.8. The molecule has 1 N–H and O–H groups in total. The molecule has 0 fully saturated rings. The summed E-state index contributed by atoms with van der Waals surface area (Å²) in [4.78, 5) is 12.7. The van der Waals surface area contributed by atoms with Gasteiger partial charge in [0, 0.05) is 0 Å². The first-order chi connectivity index (χ1) is 13.0. The molecule has 0 amide bonds. The molecule has 0 spiro atoms. The van der Waals surface area contributed by atoms with Crippen LogP contribution in [0.2, 0.25) is 0 Å². The van der Waals surface area contributed by atoms with Crippen molar-refractivity contribution in [2.45, 2.75) is 18.9 Å². The summed E-state index contributed by atoms with van der Waals surface area (Å²) in [6.07, 6.45) is 0.760. The van der Waals surface area contributed by atoms with E-state index < -0.39 is 11.5 Å². The Kier molecular flexibility index (Phi) is 7.07. The van der Waals surface area contributed by atoms with Crippen molar-refractivity contribution in [3.63, 3.8) is 0 Å². The second-order valence-electron chi connectivity index (χ2n) is 6.04. The minimum atomic E-state index is -0.461. The van der Waals surface area contributed by atoms with Gasteiger partial charge in [0.05, 0.1) is 32.4 Å². The zero-order valence-corrected chi connectivity index (χ0v) is 16.5. The molecule has 27 heavy (non-hydrogen) atoms. The smallest absolute Gasteiger partial charge is 0.338 e. The minimum Gasteiger partial charge on any atom is -0.493 e. The van der Waals surface area contributed by atoms with Crippen LogP contribution in [-0.2, 0) is 10.3 Å². The van der Waals surface area contributed by atoms with E-state index in [9.17, 15) is 4.79 Å². The maximum absolute atomic E-state index is 12.7. The standard InChI is InChI=1S/C21H27NO5/c1-6-21(22-2,16-10-8-7-9-11-16)14-27-20(23)15-12-17(24-3)19(26-5)18(13-15)25-4/h7-13,22H,6,14H2,1-5H3. The molecule has 1 unspecified atom stereocenters. The fourth-order valence-electron chi connectivity index (χ4n) is 3.01. The van der Waals surface area contributed by atoms with Crippen LogP contribution in [0.3, 0.4) is 0 Å². The monoisotopic (exact) mass is 373 g/mol. The van der Waals surface area contributed by atoms with Crippen LogP contribution < -0.4 is 19.5 Å². The van der Waals surface area contributed by atoms with Crippen molar-refractivity contribution in [1.82, 2.24) is 5.32 Å². The number of esters is 1. The Hall–Kier alpha value is -2.73. The summed E-state index contributed by atoms with van der Waals surface area (Å²) in [5.41, 5.74) is 0.934. The number of hydrogen-bond donors (Lipinski definition) is 1. The highest BCUT2D eigenvalue weighted by molar-refractivity contribution is 5.91. The number of benzene rings is 2. The van der Waals surface area contributed by atoms with E-state index in [1.165, 1.54) is 21.3 Å². The fraction of sp³-hybridized carbons (Fsp3) is 0.381. The molecule has 0 saturated carbocycles. The fourth-order valence-corrected chi connectivity index (χ4v) is 3.01. The highest BCUT2D eigenvalue weighted by Gasteiger charge is 2.30. The molecule has 0 radical (unpaired) electrons. The van der Waals surface area contributed by atoms with Gasteiger partial charge in [0.15, 0.2) is 11.5 Å². The van der Waals surface area contributed by atoms with E-state index in [0.29, 0.717) is 22.8 Å². The molecule has 0 saturated heterocycles. The number of methoxy groups -OCH3 is 3. The van der Waals surface area contributed by atoms with Crippen molar-refractivity contribution in [1.29, 1.82) is 0 Å². The number of rotatable bonds is 9. The summed E-state index contributed by atoms with van der Waals surface area (Å²) in [5, 5.41) is 3.31. The Morgan fingerprint density at radius 3 is 2.04 bits per heavy atom. The average Bonchev–Trinajstić information content (AvgIpc) is 2.74. The van der Waals surface area contributed by atoms with Gasteiger partial charge >= 0.3 is 5.97 Å². The second kappa shape index (κ2) is 9.28. The summed E-state index contributed by atoms with van der Waals surface area (Å²) in [6.45, 7) is 2.25. The molecule has 2 aromatic rings. The zero-order chi connectivity index (χ0) is 19.9. The summed E-state index contributed by atoms with van der Waals surface area (Å²) < 4.78 is 21.5. The first-order valence-corrected chi connectivity index (χ1v) is 8.76. The average molecular weight is 373 g/mol. The molecule has 0 aliphatic heterocycles. The van der Waals surface area contributed by atoms with Crippen LogP contribution in [0.1, 0.15) is 29.3 Å². The lowest BCUT2D eigenvalue weighted by atomic mass is 9.88. The Bertz CT molecular complexity index is 731. The lowest BCUT2D eigenvalue weighted by molar-refractivity contribution is 0.0360. The largest absolute Gasteiger partial charge is 0.493 e. The third-order valence-electron chi connectivity index (χ3n) is 4.76. The van der Waals surface area contributed by atoms with Gasteiger partial charge in [0.25, 0.3) is 0 Å². The van der Waals surface area contributed by atoms with E-state index in [1.807, 2.05) is 37.4 Å². The van der Waals surface area contributed by atoms with Gasteiger partial charge in [-0.25, -0.2) is 4.79 Å². The number of likely N-dealkylation sites (N-methyl/N-ethyl adjacent to an activating group) is 1. The molecule has 2 aromatic carbocycles. The molecule has 6 heteroatoms. The van der Waals surface area contributed by atoms with Gasteiger partial charge in [-0.15, -0.1) is 0 Å². The molecule has 0 aliphatic rings. The summed E-state index contributed by atoms with van der Waals surface area (Å²) in [6, 6.07) is 13.1. The molecule has 0 heterocycles. The van der Waals surface area contributed by atoms with Crippen molar-refractivity contribution < 1.29 is 23.7 Å². The first-order valence-electron chi connectivity index (χ1n) is 8.76. The Morgan fingerprint density at radius 1 is 1.00 bits per heavy atom. The van der Waals surface area contributed by atoms with Gasteiger partial charge in [-0.1, -0.05) is 37.3 Å². The molecule has 2 rings (SSSR count). The number of nitrogens with one attached hydrogen (secondary N) is 1. The van der Waals surface area contributed by atoms with Gasteiger partial charge in [0.1, 0.15) is 6.61 Å². The van der Waals surface area contributed by atoms with E-state index in [0.717, 1.165) is 12.0 Å². The van der Waals surface area contributed by atoms with E-state index in [1.54, 1.807) is 12.1 Å². The van der Waals surface area contributed by atoms with Crippen LogP contribution in [0.15, 0.2) is 42.5 Å². The van der Waals surface area contributed by atoms with Crippen molar-refractivity contribution in [3.05, 3.63) is 53.6 Å². The summed E-state index contributed by atoms with van der Waals surface area (Å²) in [5.74, 6) is 0.779. The lowest BCUT2D eigenvalue weighted by Gasteiger charge is -2.32. The van der Waals surface area contributed by atoms with E-state index in [2.05, 4.69) is 12.2 Å². The van der Waals surface area contributed by atoms with Crippen molar-refractivity contribution in [2.24, 2.45) is 0 Å². The molecule has 6 nitrogen and oxygen atoms in total. The third-order valence-corrected chi connectivity index (χ3v) is 4.76. The minimum absolute atomic E-state index is 0.194. The van der Waals surface area contributed by atoms with Crippen LogP contribution in [0.25, 0.3) is 0 Å². The number of carbonyl (C=O) groups is 1. The highest BCUT2D eigenvalue weighted by atomic mass is 16.5. The molecule has 0 bridgehead atoms. The van der Waals surface area contributed by atoms with Gasteiger partial charge in [-0.2, -0.15) is 0 Å². The van der Waals surface area contributed by atoms with Crippen LogP contribution in [0.4, 0.5) is 0 Å². The number of ether oxygens (including phenoxy) is 4. The first kappa shape index (κ1) is 20.6. The topological polar surface area (TPSA) is 66.0 Å². The number of hydrogen-bond acceptors (Lipinski definition) is 6. The van der Waals surface area contributed by atoms with Crippen LogP contribution in [0, 0.1) is 0 Å². The highest BCUT2D eigenvalue weighted by Crippen LogP contribution is 2.38. The quantitative estimate of drug-likeness (QED) is 0.680. The second-order valence-corrected chi connectivity index (χ2v) is 6.04. The summed E-state index contributed by atoms with van der Waals surface area (Å²) in [7, 11) is 6.39. The molecule has 1 atom stereocenters. The van der Waals surface area contributed by atoms with Crippen LogP contribution in [-0.4, -0.2) is 41.0 Å². The third kappa shape index (κ3) is 4.34. The van der Waals surface area contributed by atoms with Crippen molar-refractivity contribution >= 4 is 5.97 Å². The molecular weight excluding hydrogens is 346 g/mol. The zero-order valence-electron chi connectivity index (χ0n) is 16.5. The van der Waals surface area contributed by atoms with Crippen LogP contribution in [0.5, 0.6) is 17.2 Å². The predicted octanol–water partition coefficient (Wildman–Crippen LogP) is 3.39. The number of carbonyl (C=O) groups excluding carboxylic acids is 1. The van der Waals surface area contributed by atoms with Gasteiger partial charge in [-0.05, 0) is 31.2 Å². The van der Waals surface area contributed by atoms with Crippen molar-refractivity contribution in [2.75, 3.05) is 35.0 Å².